The third kappa shape index (κ3) is 4.78. The molecule has 0 atom stereocenters. The highest BCUT2D eigenvalue weighted by molar-refractivity contribution is 6.32. The van der Waals surface area contributed by atoms with Crippen LogP contribution in [0.25, 0.3) is 22.1 Å². The molecule has 2 aromatic heterocycles. The number of halogens is 4. The van der Waals surface area contributed by atoms with E-state index in [1.165, 1.54) is 12.4 Å². The first-order chi connectivity index (χ1) is 14.8. The number of fused-ring (bicyclic) bond motifs is 2. The third-order valence-corrected chi connectivity index (χ3v) is 4.74. The zero-order chi connectivity index (χ0) is 22.6. The second kappa shape index (κ2) is 9.06. The number of hydrogen-bond donors (Lipinski definition) is 0. The topological polar surface area (TPSA) is 59.4 Å². The van der Waals surface area contributed by atoms with Gasteiger partial charge in [0.15, 0.2) is 0 Å². The van der Waals surface area contributed by atoms with E-state index in [2.05, 4.69) is 23.1 Å². The summed E-state index contributed by atoms with van der Waals surface area (Å²) in [6.07, 6.45) is 2.35. The molecule has 0 fully saturated rings. The number of allylic oxidation sites excluding steroid dienone is 2. The molecule has 0 radical (unpaired) electrons. The Morgan fingerprint density at radius 2 is 1.55 bits per heavy atom. The molecule has 0 amide bonds. The van der Waals surface area contributed by atoms with Gasteiger partial charge in [0.1, 0.15) is 6.07 Å². The van der Waals surface area contributed by atoms with Gasteiger partial charge in [-0.25, -0.2) is 9.97 Å². The Labute approximate surface area is 181 Å². The maximum atomic E-state index is 12.4. The van der Waals surface area contributed by atoms with Crippen LogP contribution in [-0.4, -0.2) is 19.1 Å². The van der Waals surface area contributed by atoms with Crippen molar-refractivity contribution in [1.29, 1.82) is 5.26 Å². The number of rotatable bonds is 4. The number of benzene rings is 2. The Morgan fingerprint density at radius 3 is 2.10 bits per heavy atom. The predicted octanol–water partition coefficient (Wildman–Crippen LogP) is 5.99. The molecule has 5 nitrogen and oxygen atoms in total. The summed E-state index contributed by atoms with van der Waals surface area (Å²) in [6, 6.07) is 9.01. The molecule has 2 heterocycles. The van der Waals surface area contributed by atoms with Gasteiger partial charge in [0, 0.05) is 13.1 Å². The highest BCUT2D eigenvalue weighted by atomic mass is 35.5. The van der Waals surface area contributed by atoms with Crippen LogP contribution in [0.2, 0.25) is 5.02 Å². The van der Waals surface area contributed by atoms with E-state index in [1.807, 2.05) is 10.6 Å². The third-order valence-electron chi connectivity index (χ3n) is 4.43. The van der Waals surface area contributed by atoms with Gasteiger partial charge >= 0.3 is 6.18 Å². The lowest BCUT2D eigenvalue weighted by atomic mass is 10.2. The summed E-state index contributed by atoms with van der Waals surface area (Å²) in [5.74, 6) is 0. The quantitative estimate of drug-likeness (QED) is 0.364. The number of imidazole rings is 2. The average Bonchev–Trinajstić information content (AvgIpc) is 3.31. The molecule has 4 aromatic rings. The van der Waals surface area contributed by atoms with Crippen LogP contribution in [0.15, 0.2) is 68.3 Å². The van der Waals surface area contributed by atoms with Crippen molar-refractivity contribution in [1.82, 2.24) is 19.1 Å². The van der Waals surface area contributed by atoms with Crippen LogP contribution in [0.1, 0.15) is 11.1 Å². The number of nitriles is 1. The molecule has 0 N–H and O–H groups in total. The lowest BCUT2D eigenvalue weighted by Gasteiger charge is -2.06. The minimum absolute atomic E-state index is 0.344. The van der Waals surface area contributed by atoms with Gasteiger partial charge in [0.25, 0.3) is 0 Å². The van der Waals surface area contributed by atoms with Gasteiger partial charge in [0.05, 0.1) is 50.9 Å². The van der Waals surface area contributed by atoms with Gasteiger partial charge < -0.3 is 9.13 Å². The number of alkyl halides is 3. The summed E-state index contributed by atoms with van der Waals surface area (Å²) in [5, 5.41) is 9.26. The Kier molecular flexibility index (Phi) is 6.47. The number of hydrogen-bond acceptors (Lipinski definition) is 3. The van der Waals surface area contributed by atoms with Crippen molar-refractivity contribution in [2.24, 2.45) is 0 Å². The van der Waals surface area contributed by atoms with E-state index < -0.39 is 11.7 Å². The number of aromatic nitrogens is 4. The van der Waals surface area contributed by atoms with Crippen LogP contribution in [-0.2, 0) is 19.3 Å². The first-order valence-corrected chi connectivity index (χ1v) is 9.44. The van der Waals surface area contributed by atoms with Gasteiger partial charge in [-0.3, -0.25) is 0 Å². The van der Waals surface area contributed by atoms with E-state index in [9.17, 15) is 13.2 Å². The van der Waals surface area contributed by atoms with E-state index >= 15 is 0 Å². The zero-order valence-corrected chi connectivity index (χ0v) is 17.0. The largest absolute Gasteiger partial charge is 0.416 e. The lowest BCUT2D eigenvalue weighted by Crippen LogP contribution is -2.04. The highest BCUT2D eigenvalue weighted by Gasteiger charge is 2.30. The molecule has 0 unspecified atom stereocenters. The summed E-state index contributed by atoms with van der Waals surface area (Å²) < 4.78 is 40.9. The highest BCUT2D eigenvalue weighted by Crippen LogP contribution is 2.31. The first kappa shape index (κ1) is 22.1. The fraction of sp³-hybridized carbons (Fsp3) is 0.136. The minimum Gasteiger partial charge on any atom is -0.327 e. The predicted molar refractivity (Wildman–Crippen MR) is 115 cm³/mol. The van der Waals surface area contributed by atoms with Gasteiger partial charge in [-0.05, 0) is 30.3 Å². The summed E-state index contributed by atoms with van der Waals surface area (Å²) in [4.78, 5) is 8.12. The van der Waals surface area contributed by atoms with Crippen molar-refractivity contribution in [2.45, 2.75) is 19.3 Å². The molecular formula is C22H17ClF3N5. The lowest BCUT2D eigenvalue weighted by molar-refractivity contribution is -0.137. The summed E-state index contributed by atoms with van der Waals surface area (Å²) in [5.41, 5.74) is 2.48. The van der Waals surface area contributed by atoms with E-state index in [0.717, 1.165) is 23.2 Å². The Hall–Kier alpha value is -3.57. The molecule has 0 aliphatic carbocycles. The van der Waals surface area contributed by atoms with Crippen molar-refractivity contribution < 1.29 is 13.2 Å². The van der Waals surface area contributed by atoms with Gasteiger partial charge in [-0.1, -0.05) is 23.8 Å². The maximum absolute atomic E-state index is 12.4. The van der Waals surface area contributed by atoms with E-state index in [1.54, 1.807) is 35.2 Å². The van der Waals surface area contributed by atoms with Crippen molar-refractivity contribution in [2.75, 3.05) is 0 Å². The number of nitrogens with zero attached hydrogens (tertiary/aromatic N) is 5. The molecule has 31 heavy (non-hydrogen) atoms. The summed E-state index contributed by atoms with van der Waals surface area (Å²) in [6.45, 7) is 8.44. The standard InChI is InChI=1S/C11H8ClN3.C11H9F3N2/c1-2-3-15-7-14-10-4-8(6-13)9(12)5-11(10)15;1-2-5-16-7-15-9-6-8(11(12,13)14)3-4-10(9)16/h2,4-5,7H,1,3H2;2-4,6-7H,1,5H2. The van der Waals surface area contributed by atoms with Crippen LogP contribution in [0.4, 0.5) is 13.2 Å². The van der Waals surface area contributed by atoms with Crippen LogP contribution in [0.5, 0.6) is 0 Å². The molecule has 0 aliphatic heterocycles. The fourth-order valence-electron chi connectivity index (χ4n) is 2.97. The van der Waals surface area contributed by atoms with E-state index in [-0.39, 0.29) is 0 Å². The van der Waals surface area contributed by atoms with E-state index in [0.29, 0.717) is 34.7 Å². The monoisotopic (exact) mass is 443 g/mol. The molecule has 0 saturated carbocycles. The summed E-state index contributed by atoms with van der Waals surface area (Å²) in [7, 11) is 0. The van der Waals surface area contributed by atoms with Crippen LogP contribution in [0.3, 0.4) is 0 Å². The first-order valence-electron chi connectivity index (χ1n) is 9.06. The van der Waals surface area contributed by atoms with E-state index in [4.69, 9.17) is 16.9 Å². The molecule has 0 aliphatic rings. The second-order valence-corrected chi connectivity index (χ2v) is 6.91. The fourth-order valence-corrected chi connectivity index (χ4v) is 3.17. The molecule has 0 bridgehead atoms. The van der Waals surface area contributed by atoms with Gasteiger partial charge in [-0.15, -0.1) is 13.2 Å². The van der Waals surface area contributed by atoms with Gasteiger partial charge in [-0.2, -0.15) is 18.4 Å². The Bertz CT molecular complexity index is 1290. The average molecular weight is 444 g/mol. The van der Waals surface area contributed by atoms with Crippen molar-refractivity contribution in [3.63, 3.8) is 0 Å². The van der Waals surface area contributed by atoms with Gasteiger partial charge in [0.2, 0.25) is 0 Å². The van der Waals surface area contributed by atoms with Crippen molar-refractivity contribution in [3.05, 3.63) is 84.4 Å². The molecule has 4 rings (SSSR count). The molecular weight excluding hydrogens is 427 g/mol. The van der Waals surface area contributed by atoms with Crippen LogP contribution >= 0.6 is 11.6 Å². The molecule has 0 saturated heterocycles. The Balaban J connectivity index is 0.000000176. The van der Waals surface area contributed by atoms with Crippen molar-refractivity contribution in [3.8, 4) is 6.07 Å². The smallest absolute Gasteiger partial charge is 0.327 e. The normalized spacial score (nSPS) is 11.1. The van der Waals surface area contributed by atoms with Crippen LogP contribution < -0.4 is 0 Å². The zero-order valence-electron chi connectivity index (χ0n) is 16.3. The van der Waals surface area contributed by atoms with Crippen LogP contribution in [0, 0.1) is 11.3 Å². The molecule has 0 spiro atoms. The van der Waals surface area contributed by atoms with Crippen molar-refractivity contribution >= 4 is 33.7 Å². The Morgan fingerprint density at radius 1 is 0.968 bits per heavy atom. The molecule has 9 heteroatoms. The molecule has 2 aromatic carbocycles. The SMILES string of the molecule is C=CCn1cnc2cc(C#N)c(Cl)cc21.C=CCn1cnc2cc(C(F)(F)F)ccc21. The minimum atomic E-state index is -4.32. The summed E-state index contributed by atoms with van der Waals surface area (Å²) >= 11 is 5.94. The maximum Gasteiger partial charge on any atom is 0.416 e. The molecule has 158 valence electrons. The second-order valence-electron chi connectivity index (χ2n) is 6.51.